The van der Waals surface area contributed by atoms with Gasteiger partial charge in [-0.2, -0.15) is 0 Å². The highest BCUT2D eigenvalue weighted by molar-refractivity contribution is 6.30. The molecule has 1 aliphatic heterocycles. The Kier molecular flexibility index (Phi) is 3.46. The van der Waals surface area contributed by atoms with Crippen molar-refractivity contribution in [3.8, 4) is 0 Å². The maximum atomic E-state index is 11.7. The maximum absolute atomic E-state index is 11.7. The summed E-state index contributed by atoms with van der Waals surface area (Å²) in [5.74, 6) is 0.146. The fourth-order valence-corrected chi connectivity index (χ4v) is 2.20. The zero-order valence-electron chi connectivity index (χ0n) is 9.29. The van der Waals surface area contributed by atoms with Crippen LogP contribution >= 0.6 is 11.6 Å². The van der Waals surface area contributed by atoms with E-state index >= 15 is 0 Å². The van der Waals surface area contributed by atoms with E-state index in [9.17, 15) is 4.79 Å². The number of carbonyl (C=O) groups excluding carboxylic acids is 1. The SMILES string of the molecule is CNCC(=O)N1CCc2ccc(Cl)cc2C1. The first-order valence-corrected chi connectivity index (χ1v) is 5.78. The standard InChI is InChI=1S/C12H15ClN2O/c1-14-7-12(16)15-5-4-9-2-3-11(13)6-10(9)8-15/h2-3,6,14H,4-5,7-8H2,1H3. The number of fused-ring (bicyclic) bond motifs is 1. The summed E-state index contributed by atoms with van der Waals surface area (Å²) < 4.78 is 0. The van der Waals surface area contributed by atoms with Crippen molar-refractivity contribution in [2.75, 3.05) is 20.1 Å². The zero-order chi connectivity index (χ0) is 11.5. The van der Waals surface area contributed by atoms with Gasteiger partial charge in [-0.15, -0.1) is 0 Å². The quantitative estimate of drug-likeness (QED) is 0.846. The molecule has 86 valence electrons. The third kappa shape index (κ3) is 2.36. The largest absolute Gasteiger partial charge is 0.337 e. The van der Waals surface area contributed by atoms with Gasteiger partial charge in [0.2, 0.25) is 5.91 Å². The van der Waals surface area contributed by atoms with Gasteiger partial charge in [-0.25, -0.2) is 0 Å². The molecule has 2 rings (SSSR count). The van der Waals surface area contributed by atoms with Gasteiger partial charge in [0.25, 0.3) is 0 Å². The van der Waals surface area contributed by atoms with Crippen LogP contribution in [0.5, 0.6) is 0 Å². The summed E-state index contributed by atoms with van der Waals surface area (Å²) in [5.41, 5.74) is 2.47. The number of rotatable bonds is 2. The molecule has 4 heteroatoms. The van der Waals surface area contributed by atoms with Gasteiger partial charge >= 0.3 is 0 Å². The van der Waals surface area contributed by atoms with Crippen LogP contribution in [0, 0.1) is 0 Å². The summed E-state index contributed by atoms with van der Waals surface area (Å²) in [6, 6.07) is 5.92. The van der Waals surface area contributed by atoms with Gasteiger partial charge in [0, 0.05) is 18.1 Å². The Morgan fingerprint density at radius 2 is 2.31 bits per heavy atom. The molecule has 0 radical (unpaired) electrons. The number of halogens is 1. The third-order valence-corrected chi connectivity index (χ3v) is 3.10. The average Bonchev–Trinajstić information content (AvgIpc) is 2.28. The highest BCUT2D eigenvalue weighted by Gasteiger charge is 2.19. The molecule has 3 nitrogen and oxygen atoms in total. The predicted octanol–water partition coefficient (Wildman–Crippen LogP) is 1.44. The first kappa shape index (κ1) is 11.4. The Morgan fingerprint density at radius 1 is 1.50 bits per heavy atom. The Hall–Kier alpha value is -1.06. The first-order chi connectivity index (χ1) is 7.70. The van der Waals surface area contributed by atoms with Crippen molar-refractivity contribution in [1.82, 2.24) is 10.2 Å². The van der Waals surface area contributed by atoms with Crippen LogP contribution in [0.3, 0.4) is 0 Å². The van der Waals surface area contributed by atoms with Crippen LogP contribution in [0.1, 0.15) is 11.1 Å². The number of amides is 1. The summed E-state index contributed by atoms with van der Waals surface area (Å²) in [5, 5.41) is 3.62. The lowest BCUT2D eigenvalue weighted by Gasteiger charge is -2.29. The van der Waals surface area contributed by atoms with Gasteiger partial charge in [-0.05, 0) is 36.7 Å². The van der Waals surface area contributed by atoms with Gasteiger partial charge in [-0.1, -0.05) is 17.7 Å². The molecule has 0 saturated carbocycles. The normalized spacial score (nSPS) is 14.8. The maximum Gasteiger partial charge on any atom is 0.236 e. The van der Waals surface area contributed by atoms with Crippen LogP contribution in [0.15, 0.2) is 18.2 Å². The van der Waals surface area contributed by atoms with Crippen LogP contribution in [-0.2, 0) is 17.8 Å². The van der Waals surface area contributed by atoms with Gasteiger partial charge in [0.1, 0.15) is 0 Å². The Bertz CT molecular complexity index is 406. The van der Waals surface area contributed by atoms with Crippen LogP contribution in [0.4, 0.5) is 0 Å². The molecule has 1 heterocycles. The van der Waals surface area contributed by atoms with Crippen LogP contribution in [0.25, 0.3) is 0 Å². The van der Waals surface area contributed by atoms with Crippen molar-refractivity contribution < 1.29 is 4.79 Å². The Balaban J connectivity index is 2.13. The number of likely N-dealkylation sites (N-methyl/N-ethyl adjacent to an activating group) is 1. The van der Waals surface area contributed by atoms with Crippen molar-refractivity contribution in [3.05, 3.63) is 34.3 Å². The van der Waals surface area contributed by atoms with E-state index in [1.54, 1.807) is 7.05 Å². The molecular formula is C12H15ClN2O. The molecule has 1 amide bonds. The highest BCUT2D eigenvalue weighted by Crippen LogP contribution is 2.22. The van der Waals surface area contributed by atoms with Crippen molar-refractivity contribution >= 4 is 17.5 Å². The molecule has 0 atom stereocenters. The second kappa shape index (κ2) is 4.85. The zero-order valence-corrected chi connectivity index (χ0v) is 10.0. The van der Waals surface area contributed by atoms with Crippen LogP contribution < -0.4 is 5.32 Å². The molecule has 0 spiro atoms. The molecule has 1 aromatic carbocycles. The minimum atomic E-state index is 0.146. The third-order valence-electron chi connectivity index (χ3n) is 2.86. The molecular weight excluding hydrogens is 224 g/mol. The van der Waals surface area contributed by atoms with Gasteiger partial charge in [0.05, 0.1) is 6.54 Å². The van der Waals surface area contributed by atoms with Gasteiger partial charge in [0.15, 0.2) is 0 Å². The van der Waals surface area contributed by atoms with E-state index in [1.165, 1.54) is 11.1 Å². The number of nitrogens with one attached hydrogen (secondary N) is 1. The summed E-state index contributed by atoms with van der Waals surface area (Å²) >= 11 is 5.95. The Labute approximate surface area is 100 Å². The lowest BCUT2D eigenvalue weighted by Crippen LogP contribution is -2.40. The van der Waals surface area contributed by atoms with Crippen molar-refractivity contribution in [2.45, 2.75) is 13.0 Å². The van der Waals surface area contributed by atoms with E-state index in [2.05, 4.69) is 11.4 Å². The number of carbonyl (C=O) groups is 1. The predicted molar refractivity (Wildman–Crippen MR) is 64.5 cm³/mol. The van der Waals surface area contributed by atoms with E-state index in [0.29, 0.717) is 13.1 Å². The molecule has 0 saturated heterocycles. The fourth-order valence-electron chi connectivity index (χ4n) is 2.00. The summed E-state index contributed by atoms with van der Waals surface area (Å²) in [6.45, 7) is 1.88. The second-order valence-electron chi connectivity index (χ2n) is 4.01. The van der Waals surface area contributed by atoms with Crippen LogP contribution in [-0.4, -0.2) is 30.9 Å². The molecule has 16 heavy (non-hydrogen) atoms. The molecule has 0 aliphatic carbocycles. The number of hydrogen-bond donors (Lipinski definition) is 1. The summed E-state index contributed by atoms with van der Waals surface area (Å²) in [4.78, 5) is 13.6. The summed E-state index contributed by atoms with van der Waals surface area (Å²) in [6.07, 6.45) is 0.919. The average molecular weight is 239 g/mol. The molecule has 1 aliphatic rings. The number of benzene rings is 1. The van der Waals surface area contributed by atoms with E-state index in [1.807, 2.05) is 17.0 Å². The fraction of sp³-hybridized carbons (Fsp3) is 0.417. The molecule has 0 bridgehead atoms. The van der Waals surface area contributed by atoms with E-state index in [4.69, 9.17) is 11.6 Å². The van der Waals surface area contributed by atoms with Crippen LogP contribution in [0.2, 0.25) is 5.02 Å². The monoisotopic (exact) mass is 238 g/mol. The highest BCUT2D eigenvalue weighted by atomic mass is 35.5. The lowest BCUT2D eigenvalue weighted by molar-refractivity contribution is -0.131. The second-order valence-corrected chi connectivity index (χ2v) is 4.45. The minimum Gasteiger partial charge on any atom is -0.337 e. The Morgan fingerprint density at radius 3 is 3.06 bits per heavy atom. The van der Waals surface area contributed by atoms with Crippen molar-refractivity contribution in [3.63, 3.8) is 0 Å². The molecule has 0 fully saturated rings. The minimum absolute atomic E-state index is 0.146. The first-order valence-electron chi connectivity index (χ1n) is 5.40. The smallest absolute Gasteiger partial charge is 0.236 e. The van der Waals surface area contributed by atoms with Crippen molar-refractivity contribution in [2.24, 2.45) is 0 Å². The summed E-state index contributed by atoms with van der Waals surface area (Å²) in [7, 11) is 1.78. The van der Waals surface area contributed by atoms with Crippen molar-refractivity contribution in [1.29, 1.82) is 0 Å². The van der Waals surface area contributed by atoms with E-state index in [-0.39, 0.29) is 5.91 Å². The molecule has 1 aromatic rings. The van der Waals surface area contributed by atoms with Gasteiger partial charge < -0.3 is 10.2 Å². The van der Waals surface area contributed by atoms with E-state index < -0.39 is 0 Å². The van der Waals surface area contributed by atoms with Gasteiger partial charge in [-0.3, -0.25) is 4.79 Å². The number of hydrogen-bond acceptors (Lipinski definition) is 2. The molecule has 1 N–H and O–H groups in total. The number of nitrogens with zero attached hydrogens (tertiary/aromatic N) is 1. The van der Waals surface area contributed by atoms with E-state index in [0.717, 1.165) is 18.0 Å². The molecule has 0 aromatic heterocycles. The topological polar surface area (TPSA) is 32.3 Å². The molecule has 0 unspecified atom stereocenters. The lowest BCUT2D eigenvalue weighted by atomic mass is 10.00.